The molecule has 1 N–H and O–H groups in total. The Morgan fingerprint density at radius 2 is 1.68 bits per heavy atom. The summed E-state index contributed by atoms with van der Waals surface area (Å²) in [5.74, 6) is 1.82. The Kier molecular flexibility index (Phi) is 5.16. The van der Waals surface area contributed by atoms with Crippen LogP contribution in [-0.2, 0) is 4.79 Å². The zero-order chi connectivity index (χ0) is 19.7. The molecule has 0 unspecified atom stereocenters. The fourth-order valence-electron chi connectivity index (χ4n) is 3.56. The van der Waals surface area contributed by atoms with Crippen molar-refractivity contribution in [2.45, 2.75) is 51.9 Å². The monoisotopic (exact) mass is 380 g/mol. The number of nitrogens with zero attached hydrogens (tertiary/aromatic N) is 1. The number of hydrogen-bond acceptors (Lipinski definition) is 4. The molecule has 28 heavy (non-hydrogen) atoms. The lowest BCUT2D eigenvalue weighted by Gasteiger charge is -2.41. The van der Waals surface area contributed by atoms with Crippen molar-refractivity contribution in [3.8, 4) is 11.5 Å². The standard InChI is InChI=1S/C23H28N2O3/c1-15-12-21(27-20-8-9-20)10-11-23(15)25-13-22(14-25)28-19-6-4-18(5-7-19)16(2)24-17(3)26/h4-7,10-12,16,20,22H,8-9,13-14H2,1-3H3,(H,24,26)/t16-/m0/s1. The fourth-order valence-corrected chi connectivity index (χ4v) is 3.56. The number of rotatable bonds is 7. The number of nitrogens with one attached hydrogen (secondary N) is 1. The van der Waals surface area contributed by atoms with E-state index in [1.165, 1.54) is 31.0 Å². The van der Waals surface area contributed by atoms with Gasteiger partial charge in [-0.05, 0) is 68.1 Å². The Morgan fingerprint density at radius 1 is 1.04 bits per heavy atom. The van der Waals surface area contributed by atoms with Crippen LogP contribution in [0.1, 0.15) is 43.9 Å². The van der Waals surface area contributed by atoms with Gasteiger partial charge in [-0.1, -0.05) is 12.1 Å². The van der Waals surface area contributed by atoms with E-state index in [0.29, 0.717) is 6.10 Å². The van der Waals surface area contributed by atoms with Crippen molar-refractivity contribution in [2.24, 2.45) is 0 Å². The summed E-state index contributed by atoms with van der Waals surface area (Å²) < 4.78 is 12.0. The predicted molar refractivity (Wildman–Crippen MR) is 110 cm³/mol. The molecule has 0 spiro atoms. The highest BCUT2D eigenvalue weighted by Crippen LogP contribution is 2.32. The molecule has 2 aliphatic rings. The van der Waals surface area contributed by atoms with E-state index in [1.54, 1.807) is 0 Å². The molecule has 5 heteroatoms. The maximum Gasteiger partial charge on any atom is 0.217 e. The van der Waals surface area contributed by atoms with E-state index in [4.69, 9.17) is 9.47 Å². The summed E-state index contributed by atoms with van der Waals surface area (Å²) in [6.45, 7) is 7.41. The molecule has 0 bridgehead atoms. The average Bonchev–Trinajstić information content (AvgIpc) is 3.42. The zero-order valence-corrected chi connectivity index (χ0v) is 16.8. The van der Waals surface area contributed by atoms with Gasteiger partial charge in [0.25, 0.3) is 0 Å². The van der Waals surface area contributed by atoms with E-state index in [-0.39, 0.29) is 18.1 Å². The maximum atomic E-state index is 11.2. The van der Waals surface area contributed by atoms with Crippen LogP contribution in [0.4, 0.5) is 5.69 Å². The fraction of sp³-hybridized carbons (Fsp3) is 0.435. The minimum Gasteiger partial charge on any atom is -0.490 e. The molecule has 2 aromatic carbocycles. The normalized spacial score (nSPS) is 17.6. The van der Waals surface area contributed by atoms with E-state index in [2.05, 4.69) is 35.3 Å². The van der Waals surface area contributed by atoms with Crippen LogP contribution in [0.15, 0.2) is 42.5 Å². The minimum absolute atomic E-state index is 0.000542. The lowest BCUT2D eigenvalue weighted by Crippen LogP contribution is -2.54. The third-order valence-corrected chi connectivity index (χ3v) is 5.29. The molecule has 0 radical (unpaired) electrons. The van der Waals surface area contributed by atoms with Crippen molar-refractivity contribution in [3.63, 3.8) is 0 Å². The van der Waals surface area contributed by atoms with Gasteiger partial charge in [0.1, 0.15) is 17.6 Å². The van der Waals surface area contributed by atoms with Gasteiger partial charge < -0.3 is 19.7 Å². The van der Waals surface area contributed by atoms with Gasteiger partial charge in [0.2, 0.25) is 5.91 Å². The van der Waals surface area contributed by atoms with Gasteiger partial charge in [0, 0.05) is 12.6 Å². The van der Waals surface area contributed by atoms with E-state index in [9.17, 15) is 4.79 Å². The first-order valence-electron chi connectivity index (χ1n) is 10.0. The van der Waals surface area contributed by atoms with Crippen LogP contribution in [0.2, 0.25) is 0 Å². The summed E-state index contributed by atoms with van der Waals surface area (Å²) in [5, 5.41) is 2.89. The number of benzene rings is 2. The number of hydrogen-bond donors (Lipinski definition) is 1. The Hall–Kier alpha value is -2.69. The van der Waals surface area contributed by atoms with Crippen molar-refractivity contribution in [1.82, 2.24) is 5.32 Å². The SMILES string of the molecule is CC(=O)N[C@@H](C)c1ccc(OC2CN(c3ccc(OC4CC4)cc3C)C2)cc1. The molecule has 5 nitrogen and oxygen atoms in total. The molecular formula is C23H28N2O3. The van der Waals surface area contributed by atoms with Gasteiger partial charge in [0.05, 0.1) is 25.2 Å². The van der Waals surface area contributed by atoms with Crippen molar-refractivity contribution >= 4 is 11.6 Å². The molecule has 148 valence electrons. The molecule has 1 aliphatic carbocycles. The Morgan fingerprint density at radius 3 is 2.29 bits per heavy atom. The van der Waals surface area contributed by atoms with Crippen LogP contribution in [0.5, 0.6) is 11.5 Å². The van der Waals surface area contributed by atoms with Gasteiger partial charge in [-0.25, -0.2) is 0 Å². The summed E-state index contributed by atoms with van der Waals surface area (Å²) in [6.07, 6.45) is 2.98. The largest absolute Gasteiger partial charge is 0.490 e. The first-order valence-corrected chi connectivity index (χ1v) is 10.0. The van der Waals surface area contributed by atoms with Crippen LogP contribution in [-0.4, -0.2) is 31.2 Å². The lowest BCUT2D eigenvalue weighted by atomic mass is 10.1. The second-order valence-corrected chi connectivity index (χ2v) is 7.90. The third kappa shape index (κ3) is 4.41. The minimum atomic E-state index is -0.0233. The van der Waals surface area contributed by atoms with E-state index in [1.807, 2.05) is 31.2 Å². The van der Waals surface area contributed by atoms with Crippen molar-refractivity contribution in [1.29, 1.82) is 0 Å². The van der Waals surface area contributed by atoms with Crippen molar-refractivity contribution in [2.75, 3.05) is 18.0 Å². The first kappa shape index (κ1) is 18.7. The molecule has 1 saturated heterocycles. The van der Waals surface area contributed by atoms with E-state index < -0.39 is 0 Å². The molecule has 1 amide bonds. The molecule has 2 aromatic rings. The molecule has 1 atom stereocenters. The third-order valence-electron chi connectivity index (χ3n) is 5.29. The van der Waals surface area contributed by atoms with Gasteiger partial charge in [-0.15, -0.1) is 0 Å². The van der Waals surface area contributed by atoms with Gasteiger partial charge in [-0.2, -0.15) is 0 Å². The number of amides is 1. The number of ether oxygens (including phenoxy) is 2. The highest BCUT2D eigenvalue weighted by atomic mass is 16.5. The second-order valence-electron chi connectivity index (χ2n) is 7.90. The van der Waals surface area contributed by atoms with Gasteiger partial charge >= 0.3 is 0 Å². The maximum absolute atomic E-state index is 11.2. The van der Waals surface area contributed by atoms with Gasteiger partial charge in [0.15, 0.2) is 0 Å². The van der Waals surface area contributed by atoms with Gasteiger partial charge in [-0.3, -0.25) is 4.79 Å². The summed E-state index contributed by atoms with van der Waals surface area (Å²) in [5.41, 5.74) is 3.57. The number of carbonyl (C=O) groups is 1. The molecule has 0 aromatic heterocycles. The predicted octanol–water partition coefficient (Wildman–Crippen LogP) is 4.00. The van der Waals surface area contributed by atoms with Crippen LogP contribution >= 0.6 is 0 Å². The molecule has 2 fully saturated rings. The molecule has 1 aliphatic heterocycles. The zero-order valence-electron chi connectivity index (χ0n) is 16.8. The molecular weight excluding hydrogens is 352 g/mol. The highest BCUT2D eigenvalue weighted by molar-refractivity contribution is 5.73. The Bertz CT molecular complexity index is 839. The highest BCUT2D eigenvalue weighted by Gasteiger charge is 2.30. The van der Waals surface area contributed by atoms with Crippen molar-refractivity contribution < 1.29 is 14.3 Å². The summed E-state index contributed by atoms with van der Waals surface area (Å²) in [6, 6.07) is 14.3. The molecule has 1 heterocycles. The summed E-state index contributed by atoms with van der Waals surface area (Å²) in [4.78, 5) is 13.5. The smallest absolute Gasteiger partial charge is 0.217 e. The first-order chi connectivity index (χ1) is 13.5. The average molecular weight is 380 g/mol. The second kappa shape index (κ2) is 7.74. The van der Waals surface area contributed by atoms with Crippen molar-refractivity contribution in [3.05, 3.63) is 53.6 Å². The Balaban J connectivity index is 1.29. The summed E-state index contributed by atoms with van der Waals surface area (Å²) >= 11 is 0. The van der Waals surface area contributed by atoms with E-state index in [0.717, 1.165) is 30.2 Å². The number of aryl methyl sites for hydroxylation is 1. The van der Waals surface area contributed by atoms with E-state index >= 15 is 0 Å². The van der Waals surface area contributed by atoms with Crippen LogP contribution in [0.25, 0.3) is 0 Å². The van der Waals surface area contributed by atoms with Crippen LogP contribution in [0.3, 0.4) is 0 Å². The summed E-state index contributed by atoms with van der Waals surface area (Å²) in [7, 11) is 0. The molecule has 4 rings (SSSR count). The quantitative estimate of drug-likeness (QED) is 0.789. The number of carbonyl (C=O) groups excluding carboxylic acids is 1. The van der Waals surface area contributed by atoms with Crippen LogP contribution in [0, 0.1) is 6.92 Å². The topological polar surface area (TPSA) is 50.8 Å². The lowest BCUT2D eigenvalue weighted by molar-refractivity contribution is -0.119. The number of anilines is 1. The van der Waals surface area contributed by atoms with Crippen LogP contribution < -0.4 is 19.7 Å². The molecule has 1 saturated carbocycles. The Labute approximate surface area is 166 Å².